The van der Waals surface area contributed by atoms with Gasteiger partial charge in [-0.15, -0.1) is 0 Å². The average molecular weight is 127 g/mol. The highest BCUT2D eigenvalue weighted by Crippen LogP contribution is 2.29. The molecular formula is C8H15O. The molecule has 0 aromatic rings. The summed E-state index contributed by atoms with van der Waals surface area (Å²) in [5.74, 6) is 0. The normalized spacial score (nSPS) is 29.0. The van der Waals surface area contributed by atoms with E-state index in [1.165, 1.54) is 0 Å². The minimum Gasteiger partial charge on any atom is -0.377 e. The monoisotopic (exact) mass is 127 g/mol. The minimum atomic E-state index is 0.326. The van der Waals surface area contributed by atoms with Crippen molar-refractivity contribution in [2.45, 2.75) is 33.3 Å². The van der Waals surface area contributed by atoms with Gasteiger partial charge in [-0.05, 0) is 18.3 Å². The van der Waals surface area contributed by atoms with Crippen molar-refractivity contribution in [1.82, 2.24) is 0 Å². The first-order chi connectivity index (χ1) is 4.11. The number of rotatable bonds is 0. The van der Waals surface area contributed by atoms with Crippen LogP contribution in [0.2, 0.25) is 0 Å². The van der Waals surface area contributed by atoms with Gasteiger partial charge in [-0.1, -0.05) is 20.8 Å². The molecule has 1 radical (unpaired) electrons. The lowest BCUT2D eigenvalue weighted by Gasteiger charge is -2.25. The smallest absolute Gasteiger partial charge is 0.0627 e. The second-order valence-electron chi connectivity index (χ2n) is 3.71. The molecule has 53 valence electrons. The summed E-state index contributed by atoms with van der Waals surface area (Å²) < 4.78 is 5.46. The Morgan fingerprint density at radius 2 is 2.11 bits per heavy atom. The van der Waals surface area contributed by atoms with Crippen LogP contribution in [0.15, 0.2) is 0 Å². The zero-order valence-corrected chi connectivity index (χ0v) is 6.48. The third kappa shape index (κ3) is 1.68. The Labute approximate surface area is 57.4 Å². The lowest BCUT2D eigenvalue weighted by molar-refractivity contribution is 0.0298. The van der Waals surface area contributed by atoms with Gasteiger partial charge in [0.2, 0.25) is 0 Å². The lowest BCUT2D eigenvalue weighted by atomic mass is 9.88. The third-order valence-corrected chi connectivity index (χ3v) is 1.76. The van der Waals surface area contributed by atoms with Crippen molar-refractivity contribution in [2.75, 3.05) is 6.61 Å². The lowest BCUT2D eigenvalue weighted by Crippen LogP contribution is -2.24. The molecular weight excluding hydrogens is 112 g/mol. The first-order valence-electron chi connectivity index (χ1n) is 3.54. The molecule has 1 aliphatic heterocycles. The van der Waals surface area contributed by atoms with Gasteiger partial charge in [0.1, 0.15) is 0 Å². The molecule has 1 saturated heterocycles. The summed E-state index contributed by atoms with van der Waals surface area (Å²) in [6.07, 6.45) is 3.79. The first-order valence-corrected chi connectivity index (χ1v) is 3.54. The third-order valence-electron chi connectivity index (χ3n) is 1.76. The molecule has 1 aliphatic rings. The van der Waals surface area contributed by atoms with E-state index < -0.39 is 0 Å². The van der Waals surface area contributed by atoms with Crippen molar-refractivity contribution in [3.63, 3.8) is 0 Å². The second-order valence-corrected chi connectivity index (χ2v) is 3.71. The molecule has 1 nitrogen and oxygen atoms in total. The van der Waals surface area contributed by atoms with Crippen molar-refractivity contribution < 1.29 is 4.74 Å². The van der Waals surface area contributed by atoms with E-state index in [1.807, 2.05) is 0 Å². The molecule has 0 aromatic carbocycles. The predicted molar refractivity (Wildman–Crippen MR) is 38.1 cm³/mol. The van der Waals surface area contributed by atoms with Crippen molar-refractivity contribution in [2.24, 2.45) is 5.41 Å². The molecule has 9 heavy (non-hydrogen) atoms. The van der Waals surface area contributed by atoms with E-state index in [4.69, 9.17) is 4.74 Å². The van der Waals surface area contributed by atoms with Gasteiger partial charge in [-0.2, -0.15) is 0 Å². The maximum absolute atomic E-state index is 5.46. The molecule has 1 rings (SSSR count). The van der Waals surface area contributed by atoms with E-state index in [0.717, 1.165) is 13.0 Å². The highest BCUT2D eigenvalue weighted by molar-refractivity contribution is 4.86. The van der Waals surface area contributed by atoms with Crippen LogP contribution in [0.4, 0.5) is 0 Å². The van der Waals surface area contributed by atoms with Gasteiger partial charge < -0.3 is 4.74 Å². The molecule has 1 unspecified atom stereocenters. The zero-order valence-electron chi connectivity index (χ0n) is 6.48. The van der Waals surface area contributed by atoms with Crippen molar-refractivity contribution in [1.29, 1.82) is 0 Å². The molecule has 1 heteroatoms. The van der Waals surface area contributed by atoms with Crippen LogP contribution in [0.5, 0.6) is 0 Å². The van der Waals surface area contributed by atoms with Crippen molar-refractivity contribution in [3.8, 4) is 0 Å². The average Bonchev–Trinajstić information content (AvgIpc) is 2.08. The summed E-state index contributed by atoms with van der Waals surface area (Å²) in [4.78, 5) is 0. The zero-order chi connectivity index (χ0) is 6.91. The van der Waals surface area contributed by atoms with E-state index in [-0.39, 0.29) is 0 Å². The molecule has 0 amide bonds. The number of hydrogen-bond donors (Lipinski definition) is 0. The fourth-order valence-corrected chi connectivity index (χ4v) is 1.08. The van der Waals surface area contributed by atoms with Crippen molar-refractivity contribution in [3.05, 3.63) is 6.42 Å². The van der Waals surface area contributed by atoms with E-state index in [1.54, 1.807) is 0 Å². The van der Waals surface area contributed by atoms with Crippen LogP contribution in [0.1, 0.15) is 27.2 Å². The summed E-state index contributed by atoms with van der Waals surface area (Å²) in [6, 6.07) is 0. The molecule has 0 aromatic heterocycles. The van der Waals surface area contributed by atoms with Crippen molar-refractivity contribution >= 4 is 0 Å². The SMILES string of the molecule is CC(C)(C)C1C[CH]CO1. The molecule has 1 heterocycles. The van der Waals surface area contributed by atoms with E-state index in [2.05, 4.69) is 27.2 Å². The van der Waals surface area contributed by atoms with Crippen LogP contribution in [-0.2, 0) is 4.74 Å². The maximum Gasteiger partial charge on any atom is 0.0627 e. The topological polar surface area (TPSA) is 9.23 Å². The molecule has 0 bridgehead atoms. The molecule has 1 atom stereocenters. The predicted octanol–water partition coefficient (Wildman–Crippen LogP) is 2.03. The Balaban J connectivity index is 2.42. The van der Waals surface area contributed by atoms with Crippen LogP contribution in [-0.4, -0.2) is 12.7 Å². The minimum absolute atomic E-state index is 0.326. The van der Waals surface area contributed by atoms with E-state index in [0.29, 0.717) is 11.5 Å². The number of hydrogen-bond acceptors (Lipinski definition) is 1. The highest BCUT2D eigenvalue weighted by atomic mass is 16.5. The van der Waals surface area contributed by atoms with Gasteiger partial charge in [-0.3, -0.25) is 0 Å². The Morgan fingerprint density at radius 1 is 1.44 bits per heavy atom. The Bertz CT molecular complexity index is 85.2. The quantitative estimate of drug-likeness (QED) is 0.483. The molecule has 0 spiro atoms. The number of ether oxygens (including phenoxy) is 1. The molecule has 0 saturated carbocycles. The van der Waals surface area contributed by atoms with Crippen LogP contribution in [0.3, 0.4) is 0 Å². The van der Waals surface area contributed by atoms with Gasteiger partial charge in [-0.25, -0.2) is 0 Å². The van der Waals surface area contributed by atoms with E-state index in [9.17, 15) is 0 Å². The summed E-state index contributed by atoms with van der Waals surface area (Å²) in [7, 11) is 0. The van der Waals surface area contributed by atoms with Gasteiger partial charge >= 0.3 is 0 Å². The van der Waals surface area contributed by atoms with E-state index >= 15 is 0 Å². The Morgan fingerprint density at radius 3 is 2.33 bits per heavy atom. The Hall–Kier alpha value is -0.0400. The summed E-state index contributed by atoms with van der Waals surface area (Å²) in [6.45, 7) is 7.51. The largest absolute Gasteiger partial charge is 0.377 e. The summed E-state index contributed by atoms with van der Waals surface area (Å²) >= 11 is 0. The van der Waals surface area contributed by atoms with Crippen LogP contribution in [0, 0.1) is 11.8 Å². The molecule has 1 fully saturated rings. The van der Waals surface area contributed by atoms with Gasteiger partial charge in [0.25, 0.3) is 0 Å². The van der Waals surface area contributed by atoms with Gasteiger partial charge in [0, 0.05) is 0 Å². The highest BCUT2D eigenvalue weighted by Gasteiger charge is 2.28. The molecule has 0 aliphatic carbocycles. The summed E-state index contributed by atoms with van der Waals surface area (Å²) in [5, 5.41) is 0. The van der Waals surface area contributed by atoms with Crippen LogP contribution < -0.4 is 0 Å². The van der Waals surface area contributed by atoms with Gasteiger partial charge in [0.05, 0.1) is 12.7 Å². The van der Waals surface area contributed by atoms with Gasteiger partial charge in [0.15, 0.2) is 0 Å². The van der Waals surface area contributed by atoms with Crippen LogP contribution in [0.25, 0.3) is 0 Å². The molecule has 0 N–H and O–H groups in total. The fourth-order valence-electron chi connectivity index (χ4n) is 1.08. The maximum atomic E-state index is 5.46. The Kier molecular flexibility index (Phi) is 1.80. The van der Waals surface area contributed by atoms with Crippen LogP contribution >= 0.6 is 0 Å². The summed E-state index contributed by atoms with van der Waals surface area (Å²) in [5.41, 5.74) is 0.326. The first kappa shape index (κ1) is 7.07. The second kappa shape index (κ2) is 2.30. The fraction of sp³-hybridized carbons (Fsp3) is 0.875. The standard InChI is InChI=1S/C8H15O/c1-8(2,3)7-5-4-6-9-7/h4,7H,5-6H2,1-3H3.